The molecule has 8 rings (SSSR count). The molecule has 292 valence electrons. The fourth-order valence-electron chi connectivity index (χ4n) is 9.26. The highest BCUT2D eigenvalue weighted by atomic mass is 16.5. The van der Waals surface area contributed by atoms with Gasteiger partial charge in [-0.3, -0.25) is 19.7 Å². The summed E-state index contributed by atoms with van der Waals surface area (Å²) in [6.07, 6.45) is 5.18. The van der Waals surface area contributed by atoms with Gasteiger partial charge in [0.1, 0.15) is 11.8 Å². The first-order chi connectivity index (χ1) is 27.1. The lowest BCUT2D eigenvalue weighted by Gasteiger charge is -2.39. The second-order valence-electron chi connectivity index (χ2n) is 16.1. The average Bonchev–Trinajstić information content (AvgIpc) is 3.21. The van der Waals surface area contributed by atoms with Gasteiger partial charge in [-0.15, -0.1) is 0 Å². The van der Waals surface area contributed by atoms with E-state index >= 15 is 0 Å². The zero-order chi connectivity index (χ0) is 39.1. The molecular weight excluding hydrogens is 705 g/mol. The Morgan fingerprint density at radius 2 is 1.64 bits per heavy atom. The largest absolute Gasteiger partial charge is 0.495 e. The van der Waals surface area contributed by atoms with Crippen molar-refractivity contribution in [2.45, 2.75) is 57.4 Å². The number of likely N-dealkylation sites (tertiary alicyclic amines) is 1. The maximum Gasteiger partial charge on any atom is 0.253 e. The van der Waals surface area contributed by atoms with Crippen molar-refractivity contribution in [3.8, 4) is 11.8 Å². The number of nitrogens with zero attached hydrogens (tertiary/aromatic N) is 6. The number of hydrogen-bond donors (Lipinski definition) is 2. The Hall–Kier alpha value is -5.54. The predicted molar refractivity (Wildman–Crippen MR) is 221 cm³/mol. The van der Waals surface area contributed by atoms with E-state index in [9.17, 15) is 19.6 Å². The molecule has 1 atom stereocenters. The van der Waals surface area contributed by atoms with E-state index in [1.54, 1.807) is 7.11 Å². The molecule has 4 aliphatic rings. The Morgan fingerprint density at radius 3 is 2.38 bits per heavy atom. The van der Waals surface area contributed by atoms with Crippen LogP contribution in [-0.4, -0.2) is 87.3 Å². The first-order valence-corrected chi connectivity index (χ1v) is 20.0. The van der Waals surface area contributed by atoms with Crippen molar-refractivity contribution in [1.82, 2.24) is 14.8 Å². The molecule has 0 radical (unpaired) electrons. The summed E-state index contributed by atoms with van der Waals surface area (Å²) in [5.41, 5.74) is 8.74. The third-order valence-corrected chi connectivity index (χ3v) is 12.6. The van der Waals surface area contributed by atoms with Crippen LogP contribution < -0.4 is 35.6 Å². The molecule has 1 aromatic heterocycles. The Bertz CT molecular complexity index is 2260. The summed E-state index contributed by atoms with van der Waals surface area (Å²) in [5.74, 6) is 1.20. The number of fused-ring (bicyclic) bond motifs is 2. The topological polar surface area (TPSA) is 126 Å². The van der Waals surface area contributed by atoms with Gasteiger partial charge in [-0.25, -0.2) is 0 Å². The Labute approximate surface area is 328 Å². The van der Waals surface area contributed by atoms with E-state index < -0.39 is 6.04 Å². The van der Waals surface area contributed by atoms with Crippen LogP contribution in [0.3, 0.4) is 0 Å². The number of imide groups is 1. The monoisotopic (exact) mass is 756 g/mol. The molecule has 0 saturated carbocycles. The van der Waals surface area contributed by atoms with Gasteiger partial charge in [0.25, 0.3) is 5.56 Å². The number of likely N-dealkylation sites (N-methyl/N-ethyl adjacent to an activating group) is 1. The number of benzene rings is 3. The lowest BCUT2D eigenvalue weighted by molar-refractivity contribution is -0.133. The van der Waals surface area contributed by atoms with Crippen molar-refractivity contribution in [3.63, 3.8) is 0 Å². The molecule has 0 aliphatic carbocycles. The third-order valence-electron chi connectivity index (χ3n) is 12.6. The number of methoxy groups -OCH3 is 1. The van der Waals surface area contributed by atoms with Gasteiger partial charge in [-0.2, -0.15) is 5.26 Å². The molecule has 2 N–H and O–H groups in total. The molecule has 3 saturated heterocycles. The predicted octanol–water partition coefficient (Wildman–Crippen LogP) is 5.63. The van der Waals surface area contributed by atoms with Crippen LogP contribution >= 0.6 is 0 Å². The molecule has 5 heterocycles. The number of ether oxygens (including phenoxy) is 1. The van der Waals surface area contributed by atoms with Crippen LogP contribution in [0.25, 0.3) is 10.9 Å². The number of amides is 2. The van der Waals surface area contributed by atoms with Crippen LogP contribution in [0.5, 0.6) is 5.75 Å². The lowest BCUT2D eigenvalue weighted by atomic mass is 9.87. The minimum absolute atomic E-state index is 0.0324. The Kier molecular flexibility index (Phi) is 10.4. The lowest BCUT2D eigenvalue weighted by Crippen LogP contribution is -2.47. The summed E-state index contributed by atoms with van der Waals surface area (Å²) in [7, 11) is 5.63. The van der Waals surface area contributed by atoms with Crippen LogP contribution in [0.1, 0.15) is 61.1 Å². The highest BCUT2D eigenvalue weighted by Gasteiger charge is 2.30. The normalized spacial score (nSPS) is 19.8. The number of carbonyl (C=O) groups excluding carboxylic acids is 2. The third kappa shape index (κ3) is 7.28. The summed E-state index contributed by atoms with van der Waals surface area (Å²) in [6, 6.07) is 20.6. The molecule has 12 nitrogen and oxygen atoms in total. The molecule has 0 spiro atoms. The number of pyridine rings is 1. The van der Waals surface area contributed by atoms with Gasteiger partial charge in [0.05, 0.1) is 47.0 Å². The maximum atomic E-state index is 13.2. The van der Waals surface area contributed by atoms with Crippen LogP contribution in [0, 0.1) is 24.2 Å². The molecule has 2 amide bonds. The standard InChI is InChI=1S/C44H52N8O4/c1-28-21-34-38(49(3)44(28)55)23-32(24-39(34)52-20-19-48(2)37-9-5-30(26-45)22-40(37)52)31-13-15-50(16-14-31)27-29-11-17-51(18-12-29)33-6-7-35(41(25-33)56-4)46-36-8-10-42(53)47-43(36)54/h5-7,9,21-25,29,31,36,46H,8,10-20,27H2,1-4H3,(H,47,53,54). The number of nitrogens with one attached hydrogen (secondary N) is 2. The number of piperidine rings is 3. The number of hydrogen-bond acceptors (Lipinski definition) is 10. The van der Waals surface area contributed by atoms with Crippen LogP contribution in [0.4, 0.5) is 28.4 Å². The van der Waals surface area contributed by atoms with Gasteiger partial charge in [-0.05, 0) is 118 Å². The molecule has 1 unspecified atom stereocenters. The number of rotatable bonds is 8. The minimum Gasteiger partial charge on any atom is -0.495 e. The van der Waals surface area contributed by atoms with E-state index in [-0.39, 0.29) is 17.4 Å². The summed E-state index contributed by atoms with van der Waals surface area (Å²) in [6.45, 7) is 8.70. The van der Waals surface area contributed by atoms with E-state index in [1.807, 2.05) is 54.9 Å². The second-order valence-corrected chi connectivity index (χ2v) is 16.1. The van der Waals surface area contributed by atoms with Gasteiger partial charge in [0.15, 0.2) is 0 Å². The first kappa shape index (κ1) is 37.4. The molecular formula is C44H52N8O4. The molecule has 4 aliphatic heterocycles. The molecule has 3 fully saturated rings. The van der Waals surface area contributed by atoms with Crippen molar-refractivity contribution < 1.29 is 14.3 Å². The molecule has 56 heavy (non-hydrogen) atoms. The van der Waals surface area contributed by atoms with E-state index in [0.717, 1.165) is 116 Å². The number of anilines is 5. The van der Waals surface area contributed by atoms with Gasteiger partial charge in [-0.1, -0.05) is 0 Å². The van der Waals surface area contributed by atoms with Crippen molar-refractivity contribution >= 4 is 51.2 Å². The second kappa shape index (κ2) is 15.5. The van der Waals surface area contributed by atoms with Crippen LogP contribution in [0.15, 0.2) is 59.4 Å². The number of aryl methyl sites for hydroxylation is 2. The van der Waals surface area contributed by atoms with E-state index in [4.69, 9.17) is 4.74 Å². The van der Waals surface area contributed by atoms with Gasteiger partial charge >= 0.3 is 0 Å². The average molecular weight is 757 g/mol. The fraction of sp³-hybridized carbons (Fsp3) is 0.455. The molecule has 3 aromatic carbocycles. The van der Waals surface area contributed by atoms with E-state index in [0.29, 0.717) is 36.0 Å². The van der Waals surface area contributed by atoms with Crippen molar-refractivity contribution in [2.75, 3.05) is 80.0 Å². The van der Waals surface area contributed by atoms with Crippen LogP contribution in [-0.2, 0) is 16.6 Å². The minimum atomic E-state index is -0.460. The van der Waals surface area contributed by atoms with Crippen molar-refractivity contribution in [3.05, 3.63) is 81.6 Å². The summed E-state index contributed by atoms with van der Waals surface area (Å²) >= 11 is 0. The highest BCUT2D eigenvalue weighted by molar-refractivity contribution is 6.01. The summed E-state index contributed by atoms with van der Waals surface area (Å²) < 4.78 is 7.52. The molecule has 4 aromatic rings. The smallest absolute Gasteiger partial charge is 0.253 e. The quantitative estimate of drug-likeness (QED) is 0.219. The maximum absolute atomic E-state index is 13.2. The zero-order valence-electron chi connectivity index (χ0n) is 32.9. The fourth-order valence-corrected chi connectivity index (χ4v) is 9.26. The van der Waals surface area contributed by atoms with Gasteiger partial charge in [0.2, 0.25) is 11.8 Å². The van der Waals surface area contributed by atoms with Crippen molar-refractivity contribution in [2.24, 2.45) is 13.0 Å². The molecule has 12 heteroatoms. The zero-order valence-corrected chi connectivity index (χ0v) is 32.9. The van der Waals surface area contributed by atoms with Gasteiger partial charge in [0, 0.05) is 75.9 Å². The summed E-state index contributed by atoms with van der Waals surface area (Å²) in [5, 5.41) is 16.5. The Morgan fingerprint density at radius 1 is 0.857 bits per heavy atom. The van der Waals surface area contributed by atoms with E-state index in [1.165, 1.54) is 5.56 Å². The van der Waals surface area contributed by atoms with Crippen LogP contribution in [0.2, 0.25) is 0 Å². The molecule has 0 bridgehead atoms. The highest BCUT2D eigenvalue weighted by Crippen LogP contribution is 2.43. The SMILES string of the molecule is COc1cc(N2CCC(CN3CCC(c4cc(N5CCN(C)c6ccc(C#N)cc65)c5cc(C)c(=O)n(C)c5c4)CC3)CC2)ccc1NC1CCC(=O)NC1=O. The van der Waals surface area contributed by atoms with E-state index in [2.05, 4.69) is 61.5 Å². The number of aromatic nitrogens is 1. The van der Waals surface area contributed by atoms with Gasteiger partial charge < -0.3 is 34.2 Å². The first-order valence-electron chi connectivity index (χ1n) is 20.0. The Balaban J connectivity index is 0.926. The number of carbonyl (C=O) groups is 2. The summed E-state index contributed by atoms with van der Waals surface area (Å²) in [4.78, 5) is 46.8. The van der Waals surface area contributed by atoms with Crippen molar-refractivity contribution in [1.29, 1.82) is 5.26 Å². The number of nitriles is 1.